The van der Waals surface area contributed by atoms with E-state index in [1.807, 2.05) is 51.1 Å². The van der Waals surface area contributed by atoms with Crippen LogP contribution < -0.4 is 16.0 Å². The molecule has 1 aliphatic heterocycles. The zero-order chi connectivity index (χ0) is 21.4. The number of carbonyl (C=O) groups is 4. The van der Waals surface area contributed by atoms with Gasteiger partial charge in [-0.2, -0.15) is 0 Å². The van der Waals surface area contributed by atoms with Crippen LogP contribution in [-0.2, 0) is 25.6 Å². The number of hydrogen-bond acceptors (Lipinski definition) is 5. The van der Waals surface area contributed by atoms with Crippen LogP contribution in [0, 0.1) is 0 Å². The Balaban J connectivity index is 1.94. The van der Waals surface area contributed by atoms with Gasteiger partial charge < -0.3 is 16.0 Å². The minimum absolute atomic E-state index is 0.0774. The number of carbonyl (C=O) groups excluding carboxylic acids is 4. The van der Waals surface area contributed by atoms with Gasteiger partial charge >= 0.3 is 0 Å². The molecular formula is C21H28N4O4. The van der Waals surface area contributed by atoms with Crippen molar-refractivity contribution in [1.29, 1.82) is 0 Å². The van der Waals surface area contributed by atoms with Crippen LogP contribution in [-0.4, -0.2) is 59.7 Å². The van der Waals surface area contributed by atoms with E-state index in [1.54, 1.807) is 0 Å². The monoisotopic (exact) mass is 400 g/mol. The van der Waals surface area contributed by atoms with E-state index in [-0.39, 0.29) is 37.0 Å². The Morgan fingerprint density at radius 3 is 2.24 bits per heavy atom. The molecule has 8 nitrogen and oxygen atoms in total. The molecule has 0 saturated heterocycles. The van der Waals surface area contributed by atoms with Gasteiger partial charge in [-0.1, -0.05) is 30.3 Å². The Morgan fingerprint density at radius 2 is 1.66 bits per heavy atom. The van der Waals surface area contributed by atoms with E-state index in [0.717, 1.165) is 10.5 Å². The normalized spacial score (nSPS) is 14.8. The Morgan fingerprint density at radius 1 is 1.03 bits per heavy atom. The lowest BCUT2D eigenvalue weighted by molar-refractivity contribution is -0.137. The fourth-order valence-corrected chi connectivity index (χ4v) is 2.72. The molecule has 1 unspecified atom stereocenters. The third-order valence-corrected chi connectivity index (χ3v) is 4.25. The van der Waals surface area contributed by atoms with Crippen LogP contribution in [0.15, 0.2) is 42.5 Å². The molecule has 1 atom stereocenters. The van der Waals surface area contributed by atoms with E-state index in [1.165, 1.54) is 12.2 Å². The molecule has 8 heteroatoms. The number of rotatable bonds is 9. The van der Waals surface area contributed by atoms with Crippen LogP contribution in [0.25, 0.3) is 0 Å². The largest absolute Gasteiger partial charge is 0.353 e. The van der Waals surface area contributed by atoms with Crippen molar-refractivity contribution >= 4 is 23.6 Å². The van der Waals surface area contributed by atoms with Gasteiger partial charge in [-0.05, 0) is 26.3 Å². The number of nitrogens with one attached hydrogen (secondary N) is 3. The Bertz CT molecular complexity index is 766. The average molecular weight is 400 g/mol. The summed E-state index contributed by atoms with van der Waals surface area (Å²) in [5, 5.41) is 8.55. The van der Waals surface area contributed by atoms with E-state index < -0.39 is 17.9 Å². The van der Waals surface area contributed by atoms with Gasteiger partial charge in [-0.15, -0.1) is 0 Å². The standard InChI is InChI=1S/C21H28N4O4/c1-21(2,3)23-14-17(26)24-16(13-15-7-5-4-6-8-15)20(29)22-11-12-25-18(27)9-10-19(25)28/h4-10,16,23H,11-14H2,1-3H3,(H,22,29)(H,24,26). The summed E-state index contributed by atoms with van der Waals surface area (Å²) in [5.41, 5.74) is 0.683. The van der Waals surface area contributed by atoms with Gasteiger partial charge in [0.2, 0.25) is 11.8 Å². The predicted molar refractivity (Wildman–Crippen MR) is 109 cm³/mol. The summed E-state index contributed by atoms with van der Waals surface area (Å²) in [6.07, 6.45) is 2.73. The molecule has 0 aliphatic carbocycles. The summed E-state index contributed by atoms with van der Waals surface area (Å²) in [6, 6.07) is 8.60. The average Bonchev–Trinajstić information content (AvgIpc) is 2.98. The first-order chi connectivity index (χ1) is 13.7. The molecule has 0 bridgehead atoms. The molecule has 1 heterocycles. The van der Waals surface area contributed by atoms with Crippen molar-refractivity contribution in [2.75, 3.05) is 19.6 Å². The van der Waals surface area contributed by atoms with E-state index in [4.69, 9.17) is 0 Å². The number of imide groups is 1. The Labute approximate surface area is 170 Å². The van der Waals surface area contributed by atoms with Crippen molar-refractivity contribution < 1.29 is 19.2 Å². The van der Waals surface area contributed by atoms with Gasteiger partial charge in [-0.25, -0.2) is 0 Å². The second-order valence-electron chi connectivity index (χ2n) is 7.87. The highest BCUT2D eigenvalue weighted by molar-refractivity contribution is 6.12. The lowest BCUT2D eigenvalue weighted by atomic mass is 10.0. The summed E-state index contributed by atoms with van der Waals surface area (Å²) in [5.74, 6) is -1.45. The maximum atomic E-state index is 12.7. The first kappa shape index (κ1) is 22.3. The molecule has 3 N–H and O–H groups in total. The van der Waals surface area contributed by atoms with Crippen LogP contribution >= 0.6 is 0 Å². The molecule has 1 aromatic rings. The van der Waals surface area contributed by atoms with Gasteiger partial charge in [0.05, 0.1) is 6.54 Å². The Kier molecular flexibility index (Phi) is 7.67. The molecule has 4 amide bonds. The van der Waals surface area contributed by atoms with Crippen LogP contribution in [0.1, 0.15) is 26.3 Å². The van der Waals surface area contributed by atoms with Gasteiger partial charge in [0.25, 0.3) is 11.8 Å². The first-order valence-corrected chi connectivity index (χ1v) is 9.55. The summed E-state index contributed by atoms with van der Waals surface area (Å²) in [6.45, 7) is 6.12. The molecule has 0 saturated carbocycles. The number of hydrogen-bond donors (Lipinski definition) is 3. The zero-order valence-electron chi connectivity index (χ0n) is 17.0. The lowest BCUT2D eigenvalue weighted by Gasteiger charge is -2.23. The fourth-order valence-electron chi connectivity index (χ4n) is 2.72. The van der Waals surface area contributed by atoms with Crippen LogP contribution in [0.4, 0.5) is 0 Å². The van der Waals surface area contributed by atoms with Crippen molar-refractivity contribution in [1.82, 2.24) is 20.9 Å². The molecular weight excluding hydrogens is 372 g/mol. The third kappa shape index (κ3) is 7.50. The van der Waals surface area contributed by atoms with Crippen molar-refractivity contribution in [3.05, 3.63) is 48.0 Å². The second-order valence-corrected chi connectivity index (χ2v) is 7.87. The molecule has 0 radical (unpaired) electrons. The van der Waals surface area contributed by atoms with Crippen molar-refractivity contribution in [2.24, 2.45) is 0 Å². The third-order valence-electron chi connectivity index (χ3n) is 4.25. The van der Waals surface area contributed by atoms with E-state index >= 15 is 0 Å². The lowest BCUT2D eigenvalue weighted by Crippen LogP contribution is -2.52. The summed E-state index contributed by atoms with van der Waals surface area (Å²) in [4.78, 5) is 49.2. The van der Waals surface area contributed by atoms with Crippen LogP contribution in [0.3, 0.4) is 0 Å². The highest BCUT2D eigenvalue weighted by Crippen LogP contribution is 2.05. The summed E-state index contributed by atoms with van der Waals surface area (Å²) in [7, 11) is 0. The number of benzene rings is 1. The van der Waals surface area contributed by atoms with Gasteiger partial charge in [0, 0.05) is 37.2 Å². The van der Waals surface area contributed by atoms with E-state index in [9.17, 15) is 19.2 Å². The molecule has 1 aromatic carbocycles. The van der Waals surface area contributed by atoms with Crippen molar-refractivity contribution in [2.45, 2.75) is 38.8 Å². The molecule has 29 heavy (non-hydrogen) atoms. The molecule has 156 valence electrons. The van der Waals surface area contributed by atoms with Gasteiger partial charge in [0.1, 0.15) is 6.04 Å². The smallest absolute Gasteiger partial charge is 0.253 e. The molecule has 0 spiro atoms. The topological polar surface area (TPSA) is 108 Å². The highest BCUT2D eigenvalue weighted by Gasteiger charge is 2.25. The fraction of sp³-hybridized carbons (Fsp3) is 0.429. The zero-order valence-corrected chi connectivity index (χ0v) is 17.0. The van der Waals surface area contributed by atoms with E-state index in [2.05, 4.69) is 16.0 Å². The SMILES string of the molecule is CC(C)(C)NCC(=O)NC(Cc1ccccc1)C(=O)NCCN1C(=O)C=CC1=O. The first-order valence-electron chi connectivity index (χ1n) is 9.55. The maximum absolute atomic E-state index is 12.7. The van der Waals surface area contributed by atoms with Gasteiger partial charge in [0.15, 0.2) is 0 Å². The second kappa shape index (κ2) is 9.97. The van der Waals surface area contributed by atoms with Crippen LogP contribution in [0.5, 0.6) is 0 Å². The Hall–Kier alpha value is -3.00. The molecule has 1 aliphatic rings. The molecule has 2 rings (SSSR count). The number of amides is 4. The molecule has 0 aromatic heterocycles. The highest BCUT2D eigenvalue weighted by atomic mass is 16.2. The minimum atomic E-state index is -0.769. The molecule has 0 fully saturated rings. The van der Waals surface area contributed by atoms with Crippen molar-refractivity contribution in [3.8, 4) is 0 Å². The minimum Gasteiger partial charge on any atom is -0.353 e. The van der Waals surface area contributed by atoms with Gasteiger partial charge in [-0.3, -0.25) is 24.1 Å². The quantitative estimate of drug-likeness (QED) is 0.511. The summed E-state index contributed by atoms with van der Waals surface area (Å²) >= 11 is 0. The van der Waals surface area contributed by atoms with Crippen LogP contribution in [0.2, 0.25) is 0 Å². The van der Waals surface area contributed by atoms with E-state index in [0.29, 0.717) is 6.42 Å². The number of nitrogens with zero attached hydrogens (tertiary/aromatic N) is 1. The predicted octanol–water partition coefficient (Wildman–Crippen LogP) is 0.143. The maximum Gasteiger partial charge on any atom is 0.253 e. The summed E-state index contributed by atoms with van der Waals surface area (Å²) < 4.78 is 0. The van der Waals surface area contributed by atoms with Crippen molar-refractivity contribution in [3.63, 3.8) is 0 Å².